The lowest BCUT2D eigenvalue weighted by atomic mass is 9.76. The summed E-state index contributed by atoms with van der Waals surface area (Å²) >= 11 is 0. The van der Waals surface area contributed by atoms with Crippen molar-refractivity contribution in [1.82, 2.24) is 0 Å². The van der Waals surface area contributed by atoms with E-state index in [0.29, 0.717) is 12.8 Å². The predicted octanol–water partition coefficient (Wildman–Crippen LogP) is 3.90. The van der Waals surface area contributed by atoms with E-state index in [0.717, 1.165) is 6.42 Å². The van der Waals surface area contributed by atoms with Gasteiger partial charge in [0.05, 0.1) is 25.2 Å². The van der Waals surface area contributed by atoms with Crippen molar-refractivity contribution in [2.75, 3.05) is 7.11 Å². The number of aliphatic hydroxyl groups is 1. The molecule has 2 aromatic rings. The van der Waals surface area contributed by atoms with Crippen LogP contribution in [0.15, 0.2) is 60.7 Å². The number of hydrogen-bond donors (Lipinski definition) is 1. The maximum Gasteiger partial charge on any atom is 0.308 e. The summed E-state index contributed by atoms with van der Waals surface area (Å²) < 4.78 is 12.3. The molecule has 31 heavy (non-hydrogen) atoms. The van der Waals surface area contributed by atoms with E-state index in [1.165, 1.54) is 17.5 Å². The summed E-state index contributed by atoms with van der Waals surface area (Å²) in [6.07, 6.45) is 1.02. The zero-order valence-electron chi connectivity index (χ0n) is 19.4. The highest BCUT2D eigenvalue weighted by molar-refractivity contribution is 6.99. The lowest BCUT2D eigenvalue weighted by Gasteiger charge is -2.49. The van der Waals surface area contributed by atoms with Crippen molar-refractivity contribution in [2.24, 2.45) is 11.8 Å². The first kappa shape index (κ1) is 23.7. The van der Waals surface area contributed by atoms with Gasteiger partial charge in [-0.15, -0.1) is 0 Å². The van der Waals surface area contributed by atoms with Crippen molar-refractivity contribution in [2.45, 2.75) is 64.2 Å². The molecule has 1 fully saturated rings. The molecule has 1 aliphatic rings. The van der Waals surface area contributed by atoms with Gasteiger partial charge < -0.3 is 14.3 Å². The molecule has 5 heteroatoms. The smallest absolute Gasteiger partial charge is 0.308 e. The van der Waals surface area contributed by atoms with Crippen molar-refractivity contribution in [3.63, 3.8) is 0 Å². The van der Waals surface area contributed by atoms with Gasteiger partial charge in [0.25, 0.3) is 8.32 Å². The average molecular weight is 441 g/mol. The van der Waals surface area contributed by atoms with Crippen LogP contribution in [-0.2, 0) is 14.0 Å². The van der Waals surface area contributed by atoms with Gasteiger partial charge in [0.2, 0.25) is 0 Å². The Morgan fingerprint density at radius 1 is 1.00 bits per heavy atom. The third kappa shape index (κ3) is 4.64. The van der Waals surface area contributed by atoms with Gasteiger partial charge >= 0.3 is 5.97 Å². The Morgan fingerprint density at radius 2 is 1.52 bits per heavy atom. The van der Waals surface area contributed by atoms with Gasteiger partial charge in [-0.1, -0.05) is 88.4 Å². The zero-order valence-corrected chi connectivity index (χ0v) is 20.4. The molecule has 0 aromatic heterocycles. The highest BCUT2D eigenvalue weighted by Gasteiger charge is 2.53. The van der Waals surface area contributed by atoms with Gasteiger partial charge in [-0.05, 0) is 34.7 Å². The largest absolute Gasteiger partial charge is 0.469 e. The van der Waals surface area contributed by atoms with E-state index in [1.54, 1.807) is 0 Å². The maximum atomic E-state index is 12.4. The van der Waals surface area contributed by atoms with Crippen LogP contribution in [0.2, 0.25) is 5.04 Å². The molecule has 0 aliphatic heterocycles. The molecule has 1 saturated carbocycles. The second-order valence-electron chi connectivity index (χ2n) is 9.65. The Kier molecular flexibility index (Phi) is 7.40. The summed E-state index contributed by atoms with van der Waals surface area (Å²) in [5, 5.41) is 13.2. The lowest BCUT2D eigenvalue weighted by molar-refractivity contribution is -0.152. The Hall–Kier alpha value is -1.95. The first-order valence-corrected chi connectivity index (χ1v) is 13.2. The van der Waals surface area contributed by atoms with E-state index in [1.807, 2.05) is 12.1 Å². The number of carbonyl (C=O) groups excluding carboxylic acids is 1. The molecule has 0 amide bonds. The third-order valence-electron chi connectivity index (χ3n) is 6.77. The second kappa shape index (κ2) is 9.68. The van der Waals surface area contributed by atoms with E-state index in [-0.39, 0.29) is 28.9 Å². The topological polar surface area (TPSA) is 55.8 Å². The minimum absolute atomic E-state index is 0.0115. The highest BCUT2D eigenvalue weighted by Crippen LogP contribution is 2.42. The molecule has 0 heterocycles. The quantitative estimate of drug-likeness (QED) is 0.547. The van der Waals surface area contributed by atoms with Crippen molar-refractivity contribution in [1.29, 1.82) is 0 Å². The Balaban J connectivity index is 2.14. The van der Waals surface area contributed by atoms with Crippen molar-refractivity contribution >= 4 is 24.7 Å². The van der Waals surface area contributed by atoms with Crippen LogP contribution >= 0.6 is 0 Å². The molecule has 0 spiro atoms. The number of benzene rings is 2. The number of ether oxygens (including phenoxy) is 1. The molecular weight excluding hydrogens is 404 g/mol. The summed E-state index contributed by atoms with van der Waals surface area (Å²) in [5.41, 5.74) is 0. The van der Waals surface area contributed by atoms with E-state index in [4.69, 9.17) is 9.16 Å². The molecule has 4 nitrogen and oxygen atoms in total. The van der Waals surface area contributed by atoms with Crippen molar-refractivity contribution < 1.29 is 19.1 Å². The molecule has 0 unspecified atom stereocenters. The first-order valence-electron chi connectivity index (χ1n) is 11.3. The van der Waals surface area contributed by atoms with Crippen LogP contribution in [-0.4, -0.2) is 38.7 Å². The number of hydrogen-bond acceptors (Lipinski definition) is 4. The first-order chi connectivity index (χ1) is 14.7. The Morgan fingerprint density at radius 3 is 1.94 bits per heavy atom. The molecule has 3 rings (SSSR count). The van der Waals surface area contributed by atoms with Gasteiger partial charge in [-0.2, -0.15) is 0 Å². The third-order valence-corrected chi connectivity index (χ3v) is 11.8. The van der Waals surface area contributed by atoms with Crippen molar-refractivity contribution in [3.8, 4) is 0 Å². The van der Waals surface area contributed by atoms with E-state index in [9.17, 15) is 9.90 Å². The van der Waals surface area contributed by atoms with Crippen LogP contribution in [0.5, 0.6) is 0 Å². The number of esters is 1. The average Bonchev–Trinajstić information content (AvgIpc) is 2.77. The fourth-order valence-electron chi connectivity index (χ4n) is 5.21. The predicted molar refractivity (Wildman–Crippen MR) is 127 cm³/mol. The van der Waals surface area contributed by atoms with Crippen LogP contribution < -0.4 is 10.4 Å². The number of carbonyl (C=O) groups is 1. The van der Waals surface area contributed by atoms with Gasteiger partial charge in [0.15, 0.2) is 0 Å². The minimum atomic E-state index is -2.76. The van der Waals surface area contributed by atoms with E-state index in [2.05, 4.69) is 76.2 Å². The van der Waals surface area contributed by atoms with Crippen LogP contribution in [0.25, 0.3) is 0 Å². The molecule has 168 valence electrons. The maximum absolute atomic E-state index is 12.4. The molecule has 4 atom stereocenters. The molecule has 0 saturated heterocycles. The van der Waals surface area contributed by atoms with Gasteiger partial charge in [0, 0.05) is 5.92 Å². The minimum Gasteiger partial charge on any atom is -0.469 e. The van der Waals surface area contributed by atoms with Crippen LogP contribution in [0.3, 0.4) is 0 Å². The summed E-state index contributed by atoms with van der Waals surface area (Å²) in [5.74, 6) is -0.613. The van der Waals surface area contributed by atoms with E-state index < -0.39 is 14.4 Å². The van der Waals surface area contributed by atoms with Gasteiger partial charge in [0.1, 0.15) is 0 Å². The SMILES string of the molecule is CC[C@@H]1[C@@H](O)C[C@@H](C(=O)OC)C[C@H]1O[Si](c1ccccc1)(c1ccccc1)C(C)(C)C. The molecule has 1 aliphatic carbocycles. The summed E-state index contributed by atoms with van der Waals surface area (Å²) in [6, 6.07) is 21.0. The fraction of sp³-hybridized carbons (Fsp3) is 0.500. The summed E-state index contributed by atoms with van der Waals surface area (Å²) in [4.78, 5) is 12.4. The molecule has 1 N–H and O–H groups in total. The highest BCUT2D eigenvalue weighted by atomic mass is 28.4. The standard InChI is InChI=1S/C26H36O4Si/c1-6-22-23(27)17-19(25(28)29-5)18-24(22)30-31(26(2,3)4,20-13-9-7-10-14-20)21-15-11-8-12-16-21/h7-16,19,22-24,27H,6,17-18H2,1-5H3/t19-,22-,23+,24-/m1/s1. The van der Waals surface area contributed by atoms with E-state index >= 15 is 0 Å². The second-order valence-corrected chi connectivity index (χ2v) is 13.9. The number of aliphatic hydroxyl groups excluding tert-OH is 1. The normalized spacial score (nSPS) is 24.6. The Bertz CT molecular complexity index is 807. The van der Waals surface area contributed by atoms with Crippen molar-refractivity contribution in [3.05, 3.63) is 60.7 Å². The fourth-order valence-corrected chi connectivity index (χ4v) is 9.95. The monoisotopic (exact) mass is 440 g/mol. The Labute approximate surface area is 187 Å². The summed E-state index contributed by atoms with van der Waals surface area (Å²) in [6.45, 7) is 8.83. The number of methoxy groups -OCH3 is 1. The van der Waals surface area contributed by atoms with Gasteiger partial charge in [-0.25, -0.2) is 0 Å². The van der Waals surface area contributed by atoms with Crippen LogP contribution in [0.1, 0.15) is 47.0 Å². The molecule has 0 radical (unpaired) electrons. The van der Waals surface area contributed by atoms with Gasteiger partial charge in [-0.3, -0.25) is 4.79 Å². The summed E-state index contributed by atoms with van der Waals surface area (Å²) in [7, 11) is -1.35. The van der Waals surface area contributed by atoms with Crippen LogP contribution in [0, 0.1) is 11.8 Å². The molecule has 2 aromatic carbocycles. The zero-order chi connectivity index (χ0) is 22.6. The molecular formula is C26H36O4Si. The van der Waals surface area contributed by atoms with Crippen LogP contribution in [0.4, 0.5) is 0 Å². The lowest BCUT2D eigenvalue weighted by Crippen LogP contribution is -2.69. The molecule has 0 bridgehead atoms. The number of rotatable bonds is 6.